The van der Waals surface area contributed by atoms with Crippen molar-refractivity contribution >= 4 is 58.4 Å². The average molecular weight is 739 g/mol. The fourth-order valence-corrected chi connectivity index (χ4v) is 12.4. The fraction of sp³-hybridized carbons (Fsp3) is 0.0612. The van der Waals surface area contributed by atoms with Gasteiger partial charge in [-0.15, -0.1) is 0 Å². The molecule has 0 amide bonds. The lowest BCUT2D eigenvalue weighted by atomic mass is 9.95. The third-order valence-electron chi connectivity index (χ3n) is 9.71. The molecule has 0 saturated heterocycles. The normalized spacial score (nSPS) is 11.2. The first-order chi connectivity index (χ1) is 26.7. The van der Waals surface area contributed by atoms with Crippen LogP contribution in [-0.4, -0.2) is 21.3 Å². The third-order valence-corrected chi connectivity index (χ3v) is 14.7. The Bertz CT molecular complexity index is 2430. The van der Waals surface area contributed by atoms with Gasteiger partial charge in [-0.3, -0.25) is 0 Å². The molecule has 0 N–H and O–H groups in total. The van der Waals surface area contributed by atoms with E-state index < -0.39 is 15.8 Å². The molecule has 0 unspecified atom stereocenters. The highest BCUT2D eigenvalue weighted by molar-refractivity contribution is 7.81. The van der Waals surface area contributed by atoms with Crippen LogP contribution in [0.1, 0.15) is 0 Å². The largest absolute Gasteiger partial charge is 0.497 e. The first kappa shape index (κ1) is 35.3. The van der Waals surface area contributed by atoms with Crippen LogP contribution < -0.4 is 46.0 Å². The smallest absolute Gasteiger partial charge is 0.127 e. The van der Waals surface area contributed by atoms with Gasteiger partial charge < -0.3 is 14.2 Å². The molecule has 54 heavy (non-hydrogen) atoms. The van der Waals surface area contributed by atoms with E-state index in [9.17, 15) is 0 Å². The van der Waals surface area contributed by atoms with Gasteiger partial charge in [-0.1, -0.05) is 152 Å². The van der Waals surface area contributed by atoms with Gasteiger partial charge in [-0.2, -0.15) is 0 Å². The summed E-state index contributed by atoms with van der Waals surface area (Å²) in [7, 11) is 3.16. The van der Waals surface area contributed by atoms with Crippen LogP contribution in [0.3, 0.4) is 0 Å². The molecule has 0 aliphatic heterocycles. The van der Waals surface area contributed by atoms with Crippen LogP contribution in [0.25, 0.3) is 33.0 Å². The summed E-state index contributed by atoms with van der Waals surface area (Å²) in [4.78, 5) is 0. The predicted molar refractivity (Wildman–Crippen MR) is 232 cm³/mol. The molecule has 0 radical (unpaired) electrons. The lowest BCUT2D eigenvalue weighted by Gasteiger charge is -2.30. The molecule has 8 rings (SSSR count). The molecule has 5 heteroatoms. The second-order valence-corrected chi connectivity index (χ2v) is 17.2. The van der Waals surface area contributed by atoms with Gasteiger partial charge in [0.25, 0.3) is 0 Å². The standard InChI is InChI=1S/C49H40O3P2/c1-50-38-30-29-35-33-37(28-27-36(35)34-38)43-31-32-45(52-3)48(49(43)54(41-21-12-6-13-22-41)42-23-14-7-15-24-42)47-44(51-2)25-16-26-46(47)53(39-17-8-4-9-18-39)40-19-10-5-11-20-40/h4-34H,1-3H3. The van der Waals surface area contributed by atoms with Gasteiger partial charge in [-0.05, 0) is 101 Å². The predicted octanol–water partition coefficient (Wildman–Crippen LogP) is 9.72. The SMILES string of the molecule is COc1ccc2cc(-c3ccc(OC)c(-c4c(OC)cccc4P(c4ccccc4)c4ccccc4)c3P(c3ccccc3)c3ccccc3)ccc2c1. The van der Waals surface area contributed by atoms with Crippen molar-refractivity contribution < 1.29 is 14.2 Å². The minimum absolute atomic E-state index is 0.806. The molecule has 0 heterocycles. The third kappa shape index (κ3) is 6.90. The van der Waals surface area contributed by atoms with Crippen LogP contribution in [0, 0.1) is 0 Å². The van der Waals surface area contributed by atoms with Crippen molar-refractivity contribution in [2.45, 2.75) is 0 Å². The van der Waals surface area contributed by atoms with E-state index in [1.54, 1.807) is 21.3 Å². The van der Waals surface area contributed by atoms with Gasteiger partial charge in [-0.25, -0.2) is 0 Å². The van der Waals surface area contributed by atoms with E-state index in [0.29, 0.717) is 0 Å². The molecule has 0 aliphatic rings. The van der Waals surface area contributed by atoms with Gasteiger partial charge in [0.2, 0.25) is 0 Å². The van der Waals surface area contributed by atoms with Gasteiger partial charge in [0, 0.05) is 16.4 Å². The molecule has 0 spiro atoms. The topological polar surface area (TPSA) is 27.7 Å². The molecule has 0 fully saturated rings. The summed E-state index contributed by atoms with van der Waals surface area (Å²) >= 11 is 0. The van der Waals surface area contributed by atoms with E-state index in [1.165, 1.54) is 31.8 Å². The van der Waals surface area contributed by atoms with Crippen LogP contribution in [0.4, 0.5) is 0 Å². The Morgan fingerprint density at radius 1 is 0.370 bits per heavy atom. The summed E-state index contributed by atoms with van der Waals surface area (Å²) in [5.41, 5.74) is 4.39. The maximum atomic E-state index is 6.44. The molecule has 264 valence electrons. The van der Waals surface area contributed by atoms with Gasteiger partial charge in [0.15, 0.2) is 0 Å². The second-order valence-electron chi connectivity index (χ2n) is 12.8. The number of ether oxygens (including phenoxy) is 3. The Morgan fingerprint density at radius 2 is 0.870 bits per heavy atom. The zero-order chi connectivity index (χ0) is 36.9. The van der Waals surface area contributed by atoms with Crippen LogP contribution >= 0.6 is 15.8 Å². The molecule has 0 atom stereocenters. The maximum Gasteiger partial charge on any atom is 0.127 e. The van der Waals surface area contributed by atoms with Crippen molar-refractivity contribution in [3.8, 4) is 39.5 Å². The van der Waals surface area contributed by atoms with E-state index in [4.69, 9.17) is 14.2 Å². The number of rotatable bonds is 11. The van der Waals surface area contributed by atoms with Crippen molar-refractivity contribution in [1.82, 2.24) is 0 Å². The lowest BCUT2D eigenvalue weighted by Crippen LogP contribution is -2.27. The van der Waals surface area contributed by atoms with Gasteiger partial charge in [0.1, 0.15) is 17.2 Å². The Morgan fingerprint density at radius 3 is 1.41 bits per heavy atom. The highest BCUT2D eigenvalue weighted by Gasteiger charge is 2.32. The number of benzene rings is 8. The molecule has 8 aromatic rings. The van der Waals surface area contributed by atoms with Crippen molar-refractivity contribution in [2.24, 2.45) is 0 Å². The highest BCUT2D eigenvalue weighted by atomic mass is 31.1. The minimum atomic E-state index is -1.11. The highest BCUT2D eigenvalue weighted by Crippen LogP contribution is 2.49. The molecular formula is C49H40O3P2. The van der Waals surface area contributed by atoms with E-state index in [2.05, 4.69) is 182 Å². The summed E-state index contributed by atoms with van der Waals surface area (Å²) < 4.78 is 18.4. The molecule has 0 aromatic heterocycles. The van der Waals surface area contributed by atoms with Crippen molar-refractivity contribution in [1.29, 1.82) is 0 Å². The maximum absolute atomic E-state index is 6.44. The summed E-state index contributed by atoms with van der Waals surface area (Å²) in [5, 5.41) is 9.75. The minimum Gasteiger partial charge on any atom is -0.497 e. The van der Waals surface area contributed by atoms with E-state index in [0.717, 1.165) is 50.3 Å². The number of hydrogen-bond acceptors (Lipinski definition) is 3. The van der Waals surface area contributed by atoms with Gasteiger partial charge >= 0.3 is 0 Å². The summed E-state index contributed by atoms with van der Waals surface area (Å²) in [6.45, 7) is 0. The molecule has 8 aromatic carbocycles. The van der Waals surface area contributed by atoms with Crippen LogP contribution in [0.5, 0.6) is 17.2 Å². The number of methoxy groups -OCH3 is 3. The Labute approximate surface area is 320 Å². The summed E-state index contributed by atoms with van der Waals surface area (Å²) in [6.07, 6.45) is 0. The molecule has 0 aliphatic carbocycles. The second kappa shape index (κ2) is 16.1. The fourth-order valence-electron chi connectivity index (χ4n) is 7.24. The molecule has 0 bridgehead atoms. The first-order valence-corrected chi connectivity index (χ1v) is 20.6. The summed E-state index contributed by atoms with van der Waals surface area (Å²) in [6, 6.07) is 67.5. The average Bonchev–Trinajstić information content (AvgIpc) is 3.25. The Balaban J connectivity index is 1.51. The van der Waals surface area contributed by atoms with Crippen LogP contribution in [0.15, 0.2) is 188 Å². The Hall–Kier alpha value is -5.72. The van der Waals surface area contributed by atoms with Gasteiger partial charge in [0.05, 0.1) is 21.3 Å². The quantitative estimate of drug-likeness (QED) is 0.124. The van der Waals surface area contributed by atoms with E-state index >= 15 is 0 Å². The zero-order valence-electron chi connectivity index (χ0n) is 30.5. The first-order valence-electron chi connectivity index (χ1n) is 18.0. The van der Waals surface area contributed by atoms with Crippen LogP contribution in [-0.2, 0) is 0 Å². The zero-order valence-corrected chi connectivity index (χ0v) is 32.3. The number of hydrogen-bond donors (Lipinski definition) is 0. The molecule has 0 saturated carbocycles. The van der Waals surface area contributed by atoms with Crippen molar-refractivity contribution in [3.63, 3.8) is 0 Å². The van der Waals surface area contributed by atoms with Crippen LogP contribution in [0.2, 0.25) is 0 Å². The lowest BCUT2D eigenvalue weighted by molar-refractivity contribution is 0.411. The Kier molecular flexibility index (Phi) is 10.5. The molecule has 3 nitrogen and oxygen atoms in total. The van der Waals surface area contributed by atoms with E-state index in [1.807, 2.05) is 6.07 Å². The monoisotopic (exact) mass is 738 g/mol. The van der Waals surface area contributed by atoms with E-state index in [-0.39, 0.29) is 0 Å². The van der Waals surface area contributed by atoms with Crippen molar-refractivity contribution in [3.05, 3.63) is 188 Å². The number of fused-ring (bicyclic) bond motifs is 1. The summed E-state index contributed by atoms with van der Waals surface area (Å²) in [5.74, 6) is 2.46. The van der Waals surface area contributed by atoms with Crippen molar-refractivity contribution in [2.75, 3.05) is 21.3 Å². The molecular weight excluding hydrogens is 698 g/mol.